The molecule has 0 aliphatic rings. The third-order valence-corrected chi connectivity index (χ3v) is 4.22. The van der Waals surface area contributed by atoms with Crippen molar-refractivity contribution in [2.45, 2.75) is 25.8 Å². The third-order valence-electron chi connectivity index (χ3n) is 2.28. The molecular weight excluding hydrogens is 222 g/mol. The lowest BCUT2D eigenvalue weighted by Crippen LogP contribution is -2.27. The molecule has 0 fully saturated rings. The highest BCUT2D eigenvalue weighted by atomic mass is 32.2. The summed E-state index contributed by atoms with van der Waals surface area (Å²) in [6.45, 7) is 1.72. The van der Waals surface area contributed by atoms with Gasteiger partial charge in [-0.3, -0.25) is 0 Å². The van der Waals surface area contributed by atoms with Gasteiger partial charge in [0.15, 0.2) is 9.84 Å². The first-order chi connectivity index (χ1) is 7.49. The van der Waals surface area contributed by atoms with Crippen molar-refractivity contribution in [1.29, 1.82) is 0 Å². The van der Waals surface area contributed by atoms with Crippen molar-refractivity contribution in [3.8, 4) is 0 Å². The molecule has 1 unspecified atom stereocenters. The summed E-state index contributed by atoms with van der Waals surface area (Å²) in [7, 11) is -2.98. The predicted molar refractivity (Wildman–Crippen MR) is 67.1 cm³/mol. The van der Waals surface area contributed by atoms with Crippen LogP contribution < -0.4 is 5.73 Å². The standard InChI is InChI=1S/C12H19NO2S/c1-11(13)10-16(14,15)9-5-8-12-6-3-2-4-7-12/h2-4,6-7,11H,5,8-10,13H2,1H3. The van der Waals surface area contributed by atoms with E-state index in [1.807, 2.05) is 30.3 Å². The van der Waals surface area contributed by atoms with Crippen molar-refractivity contribution in [3.63, 3.8) is 0 Å². The Morgan fingerprint density at radius 2 is 1.88 bits per heavy atom. The van der Waals surface area contributed by atoms with Crippen LogP contribution in [0.25, 0.3) is 0 Å². The van der Waals surface area contributed by atoms with Gasteiger partial charge < -0.3 is 5.73 Å². The maximum Gasteiger partial charge on any atom is 0.151 e. The Balaban J connectivity index is 2.36. The normalized spacial score (nSPS) is 13.6. The van der Waals surface area contributed by atoms with Crippen LogP contribution in [0, 0.1) is 0 Å². The second-order valence-electron chi connectivity index (χ2n) is 4.18. The molecule has 0 aliphatic carbocycles. The molecule has 3 nitrogen and oxygen atoms in total. The lowest BCUT2D eigenvalue weighted by molar-refractivity contribution is 0.587. The maximum absolute atomic E-state index is 11.6. The zero-order valence-electron chi connectivity index (χ0n) is 9.59. The molecule has 0 aliphatic heterocycles. The summed E-state index contributed by atoms with van der Waals surface area (Å²) in [5.74, 6) is 0.311. The van der Waals surface area contributed by atoms with Crippen LogP contribution in [0.2, 0.25) is 0 Å². The smallest absolute Gasteiger partial charge is 0.151 e. The number of rotatable bonds is 6. The van der Waals surface area contributed by atoms with E-state index in [9.17, 15) is 8.42 Å². The van der Waals surface area contributed by atoms with Crippen LogP contribution in [0.5, 0.6) is 0 Å². The maximum atomic E-state index is 11.6. The molecular formula is C12H19NO2S. The Hall–Kier alpha value is -0.870. The third kappa shape index (κ3) is 5.28. The highest BCUT2D eigenvalue weighted by molar-refractivity contribution is 7.91. The molecule has 1 aromatic rings. The zero-order valence-corrected chi connectivity index (χ0v) is 10.4. The second-order valence-corrected chi connectivity index (χ2v) is 6.41. The second kappa shape index (κ2) is 6.01. The van der Waals surface area contributed by atoms with E-state index in [-0.39, 0.29) is 17.5 Å². The molecule has 0 spiro atoms. The van der Waals surface area contributed by atoms with Crippen molar-refractivity contribution in [2.75, 3.05) is 11.5 Å². The van der Waals surface area contributed by atoms with E-state index in [1.165, 1.54) is 5.56 Å². The van der Waals surface area contributed by atoms with Crippen LogP contribution in [0.3, 0.4) is 0 Å². The van der Waals surface area contributed by atoms with Gasteiger partial charge in [0.1, 0.15) is 0 Å². The van der Waals surface area contributed by atoms with E-state index in [0.29, 0.717) is 6.42 Å². The minimum atomic E-state index is -2.98. The molecule has 0 radical (unpaired) electrons. The lowest BCUT2D eigenvalue weighted by Gasteiger charge is -2.06. The Bertz CT molecular complexity index is 398. The van der Waals surface area contributed by atoms with Gasteiger partial charge in [-0.05, 0) is 25.3 Å². The molecule has 1 rings (SSSR count). The zero-order chi connectivity index (χ0) is 12.0. The molecule has 2 N–H and O–H groups in total. The van der Waals surface area contributed by atoms with Crippen LogP contribution in [-0.4, -0.2) is 26.0 Å². The predicted octanol–water partition coefficient (Wildman–Crippen LogP) is 1.38. The van der Waals surface area contributed by atoms with Crippen molar-refractivity contribution >= 4 is 9.84 Å². The van der Waals surface area contributed by atoms with Crippen LogP contribution in [-0.2, 0) is 16.3 Å². The summed E-state index contributed by atoms with van der Waals surface area (Å²) in [4.78, 5) is 0. The summed E-state index contributed by atoms with van der Waals surface area (Å²) in [6, 6.07) is 9.63. The van der Waals surface area contributed by atoms with E-state index in [2.05, 4.69) is 0 Å². The molecule has 0 aromatic heterocycles. The summed E-state index contributed by atoms with van der Waals surface area (Å²) in [5.41, 5.74) is 6.66. The summed E-state index contributed by atoms with van der Waals surface area (Å²) in [5, 5.41) is 0. The first kappa shape index (κ1) is 13.2. The van der Waals surface area contributed by atoms with Gasteiger partial charge in [0, 0.05) is 6.04 Å². The van der Waals surface area contributed by atoms with Gasteiger partial charge in [-0.2, -0.15) is 0 Å². The molecule has 4 heteroatoms. The van der Waals surface area contributed by atoms with E-state index in [4.69, 9.17) is 5.73 Å². The largest absolute Gasteiger partial charge is 0.327 e. The van der Waals surface area contributed by atoms with E-state index < -0.39 is 9.84 Å². The van der Waals surface area contributed by atoms with Crippen molar-refractivity contribution in [3.05, 3.63) is 35.9 Å². The fourth-order valence-corrected chi connectivity index (χ4v) is 3.18. The Labute approximate surface area is 97.6 Å². The molecule has 0 saturated heterocycles. The van der Waals surface area contributed by atoms with Crippen LogP contribution in [0.4, 0.5) is 0 Å². The van der Waals surface area contributed by atoms with Crippen LogP contribution >= 0.6 is 0 Å². The van der Waals surface area contributed by atoms with Crippen molar-refractivity contribution < 1.29 is 8.42 Å². The van der Waals surface area contributed by atoms with Crippen molar-refractivity contribution in [1.82, 2.24) is 0 Å². The first-order valence-electron chi connectivity index (χ1n) is 5.49. The monoisotopic (exact) mass is 241 g/mol. The highest BCUT2D eigenvalue weighted by Gasteiger charge is 2.12. The number of hydrogen-bond donors (Lipinski definition) is 1. The van der Waals surface area contributed by atoms with Crippen LogP contribution in [0.15, 0.2) is 30.3 Å². The average Bonchev–Trinajstić information content (AvgIpc) is 2.16. The van der Waals surface area contributed by atoms with Crippen LogP contribution in [0.1, 0.15) is 18.9 Å². The molecule has 16 heavy (non-hydrogen) atoms. The number of aryl methyl sites for hydroxylation is 1. The van der Waals surface area contributed by atoms with Gasteiger partial charge in [0.2, 0.25) is 0 Å². The molecule has 0 bridgehead atoms. The average molecular weight is 241 g/mol. The number of sulfone groups is 1. The number of hydrogen-bond acceptors (Lipinski definition) is 3. The lowest BCUT2D eigenvalue weighted by atomic mass is 10.1. The summed E-state index contributed by atoms with van der Waals surface area (Å²) >= 11 is 0. The molecule has 1 atom stereocenters. The molecule has 0 amide bonds. The SMILES string of the molecule is CC(N)CS(=O)(=O)CCCc1ccccc1. The van der Waals surface area contributed by atoms with E-state index in [0.717, 1.165) is 6.42 Å². The highest BCUT2D eigenvalue weighted by Crippen LogP contribution is 2.05. The Morgan fingerprint density at radius 1 is 1.25 bits per heavy atom. The van der Waals surface area contributed by atoms with Gasteiger partial charge in [-0.1, -0.05) is 30.3 Å². The topological polar surface area (TPSA) is 60.2 Å². The van der Waals surface area contributed by atoms with Gasteiger partial charge in [0.25, 0.3) is 0 Å². The first-order valence-corrected chi connectivity index (χ1v) is 7.32. The number of nitrogens with two attached hydrogens (primary N) is 1. The van der Waals surface area contributed by atoms with Gasteiger partial charge >= 0.3 is 0 Å². The molecule has 1 aromatic carbocycles. The molecule has 0 saturated carbocycles. The minimum Gasteiger partial charge on any atom is -0.327 e. The van der Waals surface area contributed by atoms with E-state index >= 15 is 0 Å². The Kier molecular flexibility index (Phi) is 4.96. The Morgan fingerprint density at radius 3 is 2.44 bits per heavy atom. The summed E-state index contributed by atoms with van der Waals surface area (Å²) in [6.07, 6.45) is 1.47. The minimum absolute atomic E-state index is 0.0851. The van der Waals surface area contributed by atoms with Crippen molar-refractivity contribution in [2.24, 2.45) is 5.73 Å². The van der Waals surface area contributed by atoms with E-state index in [1.54, 1.807) is 6.92 Å². The van der Waals surface area contributed by atoms with Gasteiger partial charge in [0.05, 0.1) is 11.5 Å². The molecule has 90 valence electrons. The quantitative estimate of drug-likeness (QED) is 0.818. The summed E-state index contributed by atoms with van der Waals surface area (Å²) < 4.78 is 23.1. The molecule has 0 heterocycles. The fraction of sp³-hybridized carbons (Fsp3) is 0.500. The van der Waals surface area contributed by atoms with Gasteiger partial charge in [-0.25, -0.2) is 8.42 Å². The van der Waals surface area contributed by atoms with Gasteiger partial charge in [-0.15, -0.1) is 0 Å². The fourth-order valence-electron chi connectivity index (χ4n) is 1.62. The number of benzene rings is 1.